The molecule has 2 aliphatic heterocycles. The van der Waals surface area contributed by atoms with Gasteiger partial charge in [-0.15, -0.1) is 0 Å². The lowest BCUT2D eigenvalue weighted by atomic mass is 10.2. The SMILES string of the molecule is C=NC(=N/C=C\CN1CCCOCC1)N/N=C/C1=NCC=C(Nc2cccc(Nc3cc(O)cc(O)c3)c2)C=C1. The van der Waals surface area contributed by atoms with E-state index in [1.165, 1.54) is 18.2 Å². The molecule has 0 unspecified atom stereocenters. The van der Waals surface area contributed by atoms with Crippen LogP contribution in [0.25, 0.3) is 0 Å². The van der Waals surface area contributed by atoms with Crippen LogP contribution < -0.4 is 16.1 Å². The van der Waals surface area contributed by atoms with E-state index < -0.39 is 0 Å². The molecule has 0 aromatic heterocycles. The van der Waals surface area contributed by atoms with Gasteiger partial charge in [0, 0.05) is 73.4 Å². The Hall–Kier alpha value is -4.74. The van der Waals surface area contributed by atoms with Crippen molar-refractivity contribution in [2.24, 2.45) is 20.1 Å². The van der Waals surface area contributed by atoms with Crippen LogP contribution in [0, 0.1) is 0 Å². The number of aromatic hydroxyl groups is 2. The molecular weight excluding hydrogens is 508 g/mol. The molecule has 40 heavy (non-hydrogen) atoms. The molecule has 208 valence electrons. The predicted octanol–water partition coefficient (Wildman–Crippen LogP) is 4.02. The van der Waals surface area contributed by atoms with Crippen LogP contribution in [0.15, 0.2) is 98.7 Å². The fourth-order valence-electron chi connectivity index (χ4n) is 3.96. The average Bonchev–Trinajstić information content (AvgIpc) is 3.33. The minimum atomic E-state index is -0.0176. The van der Waals surface area contributed by atoms with E-state index in [1.807, 2.05) is 48.6 Å². The summed E-state index contributed by atoms with van der Waals surface area (Å²) in [7, 11) is 0. The highest BCUT2D eigenvalue weighted by Gasteiger charge is 2.07. The van der Waals surface area contributed by atoms with Crippen LogP contribution >= 0.6 is 0 Å². The first-order valence-corrected chi connectivity index (χ1v) is 13.0. The van der Waals surface area contributed by atoms with Crippen LogP contribution in [0.1, 0.15) is 6.42 Å². The molecule has 2 heterocycles. The summed E-state index contributed by atoms with van der Waals surface area (Å²) in [5.74, 6) is 0.256. The summed E-state index contributed by atoms with van der Waals surface area (Å²) in [5, 5.41) is 30.1. The van der Waals surface area contributed by atoms with Crippen molar-refractivity contribution in [1.29, 1.82) is 0 Å². The van der Waals surface area contributed by atoms with Gasteiger partial charge in [-0.1, -0.05) is 12.1 Å². The number of hydrazone groups is 1. The number of anilines is 3. The summed E-state index contributed by atoms with van der Waals surface area (Å²) < 4.78 is 5.47. The highest BCUT2D eigenvalue weighted by atomic mass is 16.5. The van der Waals surface area contributed by atoms with E-state index in [4.69, 9.17) is 4.74 Å². The lowest BCUT2D eigenvalue weighted by Crippen LogP contribution is -2.26. The van der Waals surface area contributed by atoms with Gasteiger partial charge < -0.3 is 25.6 Å². The Kier molecular flexibility index (Phi) is 10.6. The molecule has 11 nitrogen and oxygen atoms in total. The number of guanidine groups is 1. The first-order chi connectivity index (χ1) is 19.6. The summed E-state index contributed by atoms with van der Waals surface area (Å²) in [6.45, 7) is 8.33. The minimum Gasteiger partial charge on any atom is -0.508 e. The Labute approximate surface area is 233 Å². The fraction of sp³-hybridized carbons (Fsp3) is 0.241. The van der Waals surface area contributed by atoms with E-state index in [2.05, 4.69) is 47.8 Å². The molecule has 0 saturated carbocycles. The zero-order valence-electron chi connectivity index (χ0n) is 22.2. The Morgan fingerprint density at radius 1 is 1.02 bits per heavy atom. The minimum absolute atomic E-state index is 0.0176. The number of rotatable bonds is 9. The third-order valence-corrected chi connectivity index (χ3v) is 5.85. The summed E-state index contributed by atoms with van der Waals surface area (Å²) in [6.07, 6.45) is 12.1. The number of phenolic OH excluding ortho intramolecular Hbond substituents is 2. The van der Waals surface area contributed by atoms with Gasteiger partial charge in [-0.3, -0.25) is 9.89 Å². The molecular formula is C29H34N8O3. The Balaban J connectivity index is 1.27. The molecule has 2 aliphatic rings. The number of ether oxygens (including phenoxy) is 1. The van der Waals surface area contributed by atoms with Crippen LogP contribution in [0.4, 0.5) is 17.1 Å². The molecule has 4 rings (SSSR count). The van der Waals surface area contributed by atoms with Gasteiger partial charge in [0.2, 0.25) is 5.96 Å². The molecule has 0 bridgehead atoms. The maximum Gasteiger partial charge on any atom is 0.242 e. The number of hydrogen-bond acceptors (Lipinski definition) is 9. The smallest absolute Gasteiger partial charge is 0.242 e. The van der Waals surface area contributed by atoms with E-state index >= 15 is 0 Å². The summed E-state index contributed by atoms with van der Waals surface area (Å²) in [4.78, 5) is 15.0. The number of aliphatic imine (C=N–C) groups is 3. The molecule has 0 atom stereocenters. The Bertz CT molecular complexity index is 1320. The zero-order valence-corrected chi connectivity index (χ0v) is 22.2. The van der Waals surface area contributed by atoms with Gasteiger partial charge in [0.05, 0.1) is 25.1 Å². The van der Waals surface area contributed by atoms with Crippen LogP contribution in [0.2, 0.25) is 0 Å². The van der Waals surface area contributed by atoms with E-state index in [0.717, 1.165) is 56.3 Å². The molecule has 5 N–H and O–H groups in total. The highest BCUT2D eigenvalue weighted by Crippen LogP contribution is 2.27. The summed E-state index contributed by atoms with van der Waals surface area (Å²) in [5.41, 5.74) is 6.58. The second-order valence-corrected chi connectivity index (χ2v) is 8.96. The Morgan fingerprint density at radius 3 is 2.67 bits per heavy atom. The Morgan fingerprint density at radius 2 is 1.85 bits per heavy atom. The van der Waals surface area contributed by atoms with Gasteiger partial charge in [0.25, 0.3) is 0 Å². The number of phenols is 2. The monoisotopic (exact) mass is 542 g/mol. The van der Waals surface area contributed by atoms with Gasteiger partial charge in [0.15, 0.2) is 0 Å². The third kappa shape index (κ3) is 9.53. The van der Waals surface area contributed by atoms with Crippen LogP contribution in [-0.2, 0) is 4.74 Å². The van der Waals surface area contributed by atoms with Crippen molar-refractivity contribution in [3.05, 3.63) is 78.7 Å². The van der Waals surface area contributed by atoms with E-state index in [0.29, 0.717) is 23.9 Å². The van der Waals surface area contributed by atoms with Gasteiger partial charge in [-0.2, -0.15) is 5.10 Å². The number of allylic oxidation sites excluding steroid dienone is 2. The molecule has 2 aromatic rings. The maximum absolute atomic E-state index is 9.70. The predicted molar refractivity (Wildman–Crippen MR) is 162 cm³/mol. The fourth-order valence-corrected chi connectivity index (χ4v) is 3.96. The van der Waals surface area contributed by atoms with Gasteiger partial charge in [-0.05, 0) is 49.6 Å². The van der Waals surface area contributed by atoms with Crippen molar-refractivity contribution in [1.82, 2.24) is 10.3 Å². The summed E-state index contributed by atoms with van der Waals surface area (Å²) in [6, 6.07) is 12.0. The van der Waals surface area contributed by atoms with Gasteiger partial charge in [-0.25, -0.2) is 15.4 Å². The van der Waals surface area contributed by atoms with E-state index in [9.17, 15) is 10.2 Å². The van der Waals surface area contributed by atoms with Crippen LogP contribution in [0.5, 0.6) is 11.5 Å². The highest BCUT2D eigenvalue weighted by molar-refractivity contribution is 6.36. The van der Waals surface area contributed by atoms with Crippen molar-refractivity contribution in [3.63, 3.8) is 0 Å². The van der Waals surface area contributed by atoms with Crippen molar-refractivity contribution >= 4 is 41.7 Å². The average molecular weight is 543 g/mol. The lowest BCUT2D eigenvalue weighted by Gasteiger charge is -2.15. The number of nitrogens with one attached hydrogen (secondary N) is 3. The maximum atomic E-state index is 9.70. The molecule has 0 amide bonds. The molecule has 1 fully saturated rings. The number of benzene rings is 2. The molecule has 2 aromatic carbocycles. The summed E-state index contributed by atoms with van der Waals surface area (Å²) >= 11 is 0. The molecule has 0 spiro atoms. The second-order valence-electron chi connectivity index (χ2n) is 8.96. The van der Waals surface area contributed by atoms with Gasteiger partial charge in [0.1, 0.15) is 11.5 Å². The normalized spacial score (nSPS) is 16.8. The van der Waals surface area contributed by atoms with Crippen molar-refractivity contribution in [3.8, 4) is 11.5 Å². The van der Waals surface area contributed by atoms with E-state index in [1.54, 1.807) is 12.4 Å². The molecule has 0 aliphatic carbocycles. The molecule has 1 saturated heterocycles. The first-order valence-electron chi connectivity index (χ1n) is 13.0. The number of nitrogens with zero attached hydrogens (tertiary/aromatic N) is 5. The molecule has 11 heteroatoms. The quantitative estimate of drug-likeness (QED) is 0.183. The standard InChI is InChI=1S/C29H34N8O3/c1-30-29(32-10-3-12-37-13-4-15-40-16-14-37)36-33-21-25-8-7-22(9-11-31-25)34-23-5-2-6-24(17-23)35-26-18-27(38)20-28(39)19-26/h2-3,5-10,17-21,34-35,38-39H,1,4,11-16H2,(H,32,36)/b10-3-,33-21+. The van der Waals surface area contributed by atoms with Crippen LogP contribution in [-0.4, -0.2) is 79.1 Å². The second kappa shape index (κ2) is 15.0. The third-order valence-electron chi connectivity index (χ3n) is 5.85. The van der Waals surface area contributed by atoms with Gasteiger partial charge >= 0.3 is 0 Å². The van der Waals surface area contributed by atoms with Crippen LogP contribution in [0.3, 0.4) is 0 Å². The zero-order chi connectivity index (χ0) is 28.0. The van der Waals surface area contributed by atoms with Crippen molar-refractivity contribution in [2.75, 3.05) is 50.0 Å². The van der Waals surface area contributed by atoms with Crippen molar-refractivity contribution in [2.45, 2.75) is 6.42 Å². The largest absolute Gasteiger partial charge is 0.508 e. The molecule has 0 radical (unpaired) electrons. The first kappa shape index (κ1) is 28.3. The number of hydrogen-bond donors (Lipinski definition) is 5. The lowest BCUT2D eigenvalue weighted by molar-refractivity contribution is 0.143. The van der Waals surface area contributed by atoms with Crippen molar-refractivity contribution < 1.29 is 14.9 Å². The topological polar surface area (TPSA) is 138 Å². The van der Waals surface area contributed by atoms with E-state index in [-0.39, 0.29) is 11.5 Å².